The monoisotopic (exact) mass is 308 g/mol. The summed E-state index contributed by atoms with van der Waals surface area (Å²) in [7, 11) is 1.66. The molecule has 3 heteroatoms. The van der Waals surface area contributed by atoms with Crippen LogP contribution >= 0.6 is 0 Å². The first kappa shape index (κ1) is 15.2. The lowest BCUT2D eigenvalue weighted by molar-refractivity contribution is 0.340. The molecule has 0 unspecified atom stereocenters. The van der Waals surface area contributed by atoms with Gasteiger partial charge in [0.25, 0.3) is 0 Å². The molecule has 0 radical (unpaired) electrons. The maximum atomic E-state index is 6.10. The van der Waals surface area contributed by atoms with Gasteiger partial charge in [0.1, 0.15) is 22.8 Å². The van der Waals surface area contributed by atoms with Crippen molar-refractivity contribution in [2.24, 2.45) is 0 Å². The highest BCUT2D eigenvalue weighted by atomic mass is 16.5. The van der Waals surface area contributed by atoms with Crippen molar-refractivity contribution in [3.8, 4) is 22.8 Å². The van der Waals surface area contributed by atoms with Crippen molar-refractivity contribution in [3.63, 3.8) is 0 Å². The zero-order valence-electron chi connectivity index (χ0n) is 13.6. The zero-order chi connectivity index (χ0) is 16.2. The summed E-state index contributed by atoms with van der Waals surface area (Å²) in [6.07, 6.45) is 4.03. The van der Waals surface area contributed by atoms with Crippen LogP contribution in [0.4, 0.5) is 0 Å². The predicted molar refractivity (Wildman–Crippen MR) is 94.1 cm³/mol. The van der Waals surface area contributed by atoms with Gasteiger partial charge in [-0.3, -0.25) is 0 Å². The van der Waals surface area contributed by atoms with Crippen LogP contribution in [0.15, 0.2) is 53.0 Å². The molecule has 0 aliphatic rings. The van der Waals surface area contributed by atoms with E-state index in [9.17, 15) is 0 Å². The number of hydrogen-bond acceptors (Lipinski definition) is 3. The van der Waals surface area contributed by atoms with Gasteiger partial charge in [-0.2, -0.15) is 0 Å². The van der Waals surface area contributed by atoms with E-state index in [1.54, 1.807) is 7.11 Å². The Labute approximate surface area is 136 Å². The Morgan fingerprint density at radius 3 is 2.48 bits per heavy atom. The van der Waals surface area contributed by atoms with Crippen LogP contribution in [0.2, 0.25) is 0 Å². The fraction of sp³-hybridized carbons (Fsp3) is 0.200. The second-order valence-electron chi connectivity index (χ2n) is 5.20. The van der Waals surface area contributed by atoms with Crippen LogP contribution in [0.25, 0.3) is 28.4 Å². The minimum Gasteiger partial charge on any atom is -0.497 e. The van der Waals surface area contributed by atoms with Gasteiger partial charge in [-0.25, -0.2) is 0 Å². The molecule has 1 heterocycles. The van der Waals surface area contributed by atoms with E-state index in [0.29, 0.717) is 6.61 Å². The lowest BCUT2D eigenvalue weighted by atomic mass is 10.1. The van der Waals surface area contributed by atoms with Crippen molar-refractivity contribution in [1.82, 2.24) is 0 Å². The van der Waals surface area contributed by atoms with Crippen molar-refractivity contribution in [2.45, 2.75) is 13.8 Å². The summed E-state index contributed by atoms with van der Waals surface area (Å²) < 4.78 is 17.0. The highest BCUT2D eigenvalue weighted by molar-refractivity contribution is 5.90. The van der Waals surface area contributed by atoms with Gasteiger partial charge in [0.2, 0.25) is 0 Å². The lowest BCUT2D eigenvalue weighted by Crippen LogP contribution is -1.91. The predicted octanol–water partition coefficient (Wildman–Crippen LogP) is 5.54. The van der Waals surface area contributed by atoms with Crippen molar-refractivity contribution < 1.29 is 13.9 Å². The third-order valence-electron chi connectivity index (χ3n) is 3.65. The molecular formula is C20H20O3. The van der Waals surface area contributed by atoms with Crippen LogP contribution in [0.3, 0.4) is 0 Å². The van der Waals surface area contributed by atoms with E-state index >= 15 is 0 Å². The summed E-state index contributed by atoms with van der Waals surface area (Å²) in [6.45, 7) is 4.62. The molecule has 0 bridgehead atoms. The highest BCUT2D eigenvalue weighted by Crippen LogP contribution is 2.34. The van der Waals surface area contributed by atoms with E-state index in [0.717, 1.165) is 39.4 Å². The normalized spacial score (nSPS) is 11.3. The number of fused-ring (bicyclic) bond motifs is 1. The average Bonchev–Trinajstić information content (AvgIpc) is 3.00. The SMILES string of the molecule is C/C=C\c1cc(OCC)cc2cc(-c3ccc(OC)cc3)oc12. The Morgan fingerprint density at radius 2 is 1.83 bits per heavy atom. The second-order valence-corrected chi connectivity index (χ2v) is 5.20. The van der Waals surface area contributed by atoms with E-state index in [1.165, 1.54) is 0 Å². The molecule has 23 heavy (non-hydrogen) atoms. The molecule has 0 amide bonds. The summed E-state index contributed by atoms with van der Waals surface area (Å²) in [4.78, 5) is 0. The summed E-state index contributed by atoms with van der Waals surface area (Å²) in [5.41, 5.74) is 2.91. The molecule has 0 saturated carbocycles. The third kappa shape index (κ3) is 3.09. The Balaban J connectivity index is 2.10. The first-order valence-corrected chi connectivity index (χ1v) is 7.72. The van der Waals surface area contributed by atoms with Gasteiger partial charge in [0.05, 0.1) is 13.7 Å². The Morgan fingerprint density at radius 1 is 1.04 bits per heavy atom. The molecule has 3 rings (SSSR count). The van der Waals surface area contributed by atoms with Crippen LogP contribution in [-0.2, 0) is 0 Å². The largest absolute Gasteiger partial charge is 0.497 e. The van der Waals surface area contributed by atoms with Crippen LogP contribution in [-0.4, -0.2) is 13.7 Å². The maximum absolute atomic E-state index is 6.10. The van der Waals surface area contributed by atoms with Crippen molar-refractivity contribution in [2.75, 3.05) is 13.7 Å². The first-order chi connectivity index (χ1) is 11.2. The van der Waals surface area contributed by atoms with Crippen molar-refractivity contribution in [3.05, 3.63) is 54.1 Å². The fourth-order valence-electron chi connectivity index (χ4n) is 2.60. The number of furan rings is 1. The smallest absolute Gasteiger partial charge is 0.142 e. The molecule has 0 aliphatic carbocycles. The van der Waals surface area contributed by atoms with Gasteiger partial charge in [-0.1, -0.05) is 12.2 Å². The standard InChI is InChI=1S/C20H20O3/c1-4-6-15-11-18(22-5-2)12-16-13-19(23-20(15)16)14-7-9-17(21-3)10-8-14/h4,6-13H,5H2,1-3H3/b6-4-. The van der Waals surface area contributed by atoms with Gasteiger partial charge in [-0.15, -0.1) is 0 Å². The Bertz CT molecular complexity index is 826. The molecule has 0 fully saturated rings. The summed E-state index contributed by atoms with van der Waals surface area (Å²) in [6, 6.07) is 13.9. The molecule has 3 nitrogen and oxygen atoms in total. The number of hydrogen-bond donors (Lipinski definition) is 0. The topological polar surface area (TPSA) is 31.6 Å². The van der Waals surface area contributed by atoms with Gasteiger partial charge in [0, 0.05) is 16.5 Å². The lowest BCUT2D eigenvalue weighted by Gasteiger charge is -2.04. The quantitative estimate of drug-likeness (QED) is 0.620. The van der Waals surface area contributed by atoms with Crippen LogP contribution < -0.4 is 9.47 Å². The summed E-state index contributed by atoms with van der Waals surface area (Å²) in [5, 5.41) is 1.04. The highest BCUT2D eigenvalue weighted by Gasteiger charge is 2.11. The number of benzene rings is 2. The first-order valence-electron chi connectivity index (χ1n) is 7.72. The minimum absolute atomic E-state index is 0.643. The van der Waals surface area contributed by atoms with Gasteiger partial charge in [0.15, 0.2) is 0 Å². The van der Waals surface area contributed by atoms with Gasteiger partial charge < -0.3 is 13.9 Å². The Hall–Kier alpha value is -2.68. The molecule has 0 N–H and O–H groups in total. The number of rotatable bonds is 5. The average molecular weight is 308 g/mol. The van der Waals surface area contributed by atoms with E-state index in [1.807, 2.05) is 68.5 Å². The number of ether oxygens (including phenoxy) is 2. The van der Waals surface area contributed by atoms with Crippen LogP contribution in [0.1, 0.15) is 19.4 Å². The molecule has 2 aromatic carbocycles. The molecule has 0 atom stereocenters. The van der Waals surface area contributed by atoms with E-state index in [-0.39, 0.29) is 0 Å². The molecular weight excluding hydrogens is 288 g/mol. The van der Waals surface area contributed by atoms with E-state index < -0.39 is 0 Å². The fourth-order valence-corrected chi connectivity index (χ4v) is 2.60. The summed E-state index contributed by atoms with van der Waals surface area (Å²) >= 11 is 0. The van der Waals surface area contributed by atoms with E-state index in [2.05, 4.69) is 0 Å². The van der Waals surface area contributed by atoms with Crippen LogP contribution in [0, 0.1) is 0 Å². The molecule has 0 saturated heterocycles. The zero-order valence-corrected chi connectivity index (χ0v) is 13.6. The molecule has 0 aliphatic heterocycles. The van der Waals surface area contributed by atoms with Gasteiger partial charge in [-0.05, 0) is 56.3 Å². The molecule has 1 aromatic heterocycles. The number of allylic oxidation sites excluding steroid dienone is 1. The summed E-state index contributed by atoms with van der Waals surface area (Å²) in [5.74, 6) is 2.52. The molecule has 118 valence electrons. The number of methoxy groups -OCH3 is 1. The molecule has 0 spiro atoms. The third-order valence-corrected chi connectivity index (χ3v) is 3.65. The second kappa shape index (κ2) is 6.61. The molecule has 3 aromatic rings. The maximum Gasteiger partial charge on any atom is 0.142 e. The van der Waals surface area contributed by atoms with E-state index in [4.69, 9.17) is 13.9 Å². The van der Waals surface area contributed by atoms with Crippen LogP contribution in [0.5, 0.6) is 11.5 Å². The minimum atomic E-state index is 0.643. The van der Waals surface area contributed by atoms with Gasteiger partial charge >= 0.3 is 0 Å². The van der Waals surface area contributed by atoms with Crippen molar-refractivity contribution >= 4 is 17.0 Å². The Kier molecular flexibility index (Phi) is 4.38. The van der Waals surface area contributed by atoms with Crippen molar-refractivity contribution in [1.29, 1.82) is 0 Å².